The highest BCUT2D eigenvalue weighted by molar-refractivity contribution is 8.04. The molecule has 0 amide bonds. The van der Waals surface area contributed by atoms with Gasteiger partial charge in [-0.25, -0.2) is 0 Å². The Balaban J connectivity index is 2.01. The van der Waals surface area contributed by atoms with Crippen molar-refractivity contribution in [2.45, 2.75) is 4.90 Å². The molecule has 0 aromatic heterocycles. The Morgan fingerprint density at radius 1 is 1.05 bits per heavy atom. The number of carbonyl (C=O) groups excluding carboxylic acids is 1. The highest BCUT2D eigenvalue weighted by Crippen LogP contribution is 2.41. The van der Waals surface area contributed by atoms with Crippen molar-refractivity contribution in [1.29, 1.82) is 0 Å². The molecule has 2 aromatic carbocycles. The lowest BCUT2D eigenvalue weighted by Crippen LogP contribution is -1.93. The predicted molar refractivity (Wildman–Crippen MR) is 81.1 cm³/mol. The van der Waals surface area contributed by atoms with Crippen molar-refractivity contribution in [3.63, 3.8) is 0 Å². The van der Waals surface area contributed by atoms with Gasteiger partial charge in [0.25, 0.3) is 0 Å². The molecule has 0 N–H and O–H groups in total. The molecule has 0 spiro atoms. The van der Waals surface area contributed by atoms with E-state index < -0.39 is 0 Å². The summed E-state index contributed by atoms with van der Waals surface area (Å²) in [6.45, 7) is 0. The van der Waals surface area contributed by atoms with Crippen molar-refractivity contribution in [3.8, 4) is 0 Å². The Bertz CT molecular complexity index is 707. The first kappa shape index (κ1) is 12.8. The van der Waals surface area contributed by atoms with Gasteiger partial charge in [0.1, 0.15) is 0 Å². The molecular formula is C15H8Cl2OS. The summed E-state index contributed by atoms with van der Waals surface area (Å²) >= 11 is 13.4. The van der Waals surface area contributed by atoms with E-state index in [2.05, 4.69) is 0 Å². The maximum Gasteiger partial charge on any atom is 0.200 e. The largest absolute Gasteiger partial charge is 0.288 e. The molecule has 0 fully saturated rings. The Labute approximate surface area is 125 Å². The summed E-state index contributed by atoms with van der Waals surface area (Å²) in [5.41, 5.74) is 1.55. The lowest BCUT2D eigenvalue weighted by atomic mass is 10.1. The molecule has 19 heavy (non-hydrogen) atoms. The first-order valence-corrected chi connectivity index (χ1v) is 7.21. The van der Waals surface area contributed by atoms with Gasteiger partial charge in [-0.2, -0.15) is 0 Å². The van der Waals surface area contributed by atoms with Crippen molar-refractivity contribution in [2.24, 2.45) is 0 Å². The second kappa shape index (κ2) is 5.04. The van der Waals surface area contributed by atoms with E-state index in [1.807, 2.05) is 36.4 Å². The van der Waals surface area contributed by atoms with Gasteiger partial charge in [-0.15, -0.1) is 0 Å². The Hall–Kier alpha value is -1.22. The second-order valence-electron chi connectivity index (χ2n) is 4.10. The molecule has 0 saturated carbocycles. The average molecular weight is 307 g/mol. The fourth-order valence-electron chi connectivity index (χ4n) is 1.90. The molecule has 0 unspecified atom stereocenters. The van der Waals surface area contributed by atoms with Gasteiger partial charge >= 0.3 is 0 Å². The fraction of sp³-hybridized carbons (Fsp3) is 0. The molecular weight excluding hydrogens is 299 g/mol. The number of halogens is 2. The molecule has 3 rings (SSSR count). The zero-order valence-corrected chi connectivity index (χ0v) is 12.0. The molecule has 0 atom stereocenters. The summed E-state index contributed by atoms with van der Waals surface area (Å²) in [7, 11) is 0. The second-order valence-corrected chi connectivity index (χ2v) is 6.03. The van der Waals surface area contributed by atoms with E-state index in [1.54, 1.807) is 12.1 Å². The van der Waals surface area contributed by atoms with Crippen LogP contribution in [0.1, 0.15) is 15.9 Å². The van der Waals surface area contributed by atoms with Crippen LogP contribution in [0.25, 0.3) is 6.08 Å². The van der Waals surface area contributed by atoms with Crippen molar-refractivity contribution in [2.75, 3.05) is 0 Å². The molecule has 0 aliphatic carbocycles. The van der Waals surface area contributed by atoms with Crippen LogP contribution in [0.15, 0.2) is 52.3 Å². The smallest absolute Gasteiger partial charge is 0.200 e. The van der Waals surface area contributed by atoms with Gasteiger partial charge < -0.3 is 0 Å². The summed E-state index contributed by atoms with van der Waals surface area (Å²) < 4.78 is 0. The predicted octanol–water partition coefficient (Wildman–Crippen LogP) is 5.32. The third-order valence-corrected chi connectivity index (χ3v) is 4.49. The molecule has 0 bridgehead atoms. The molecule has 1 nitrogen and oxygen atoms in total. The zero-order chi connectivity index (χ0) is 13.4. The number of rotatable bonds is 1. The summed E-state index contributed by atoms with van der Waals surface area (Å²) in [4.78, 5) is 13.9. The van der Waals surface area contributed by atoms with Crippen LogP contribution >= 0.6 is 35.0 Å². The van der Waals surface area contributed by atoms with Crippen LogP contribution in [0.4, 0.5) is 0 Å². The van der Waals surface area contributed by atoms with E-state index >= 15 is 0 Å². The molecule has 0 saturated heterocycles. The van der Waals surface area contributed by atoms with Crippen molar-refractivity contribution < 1.29 is 4.79 Å². The van der Waals surface area contributed by atoms with Gasteiger partial charge in [-0.1, -0.05) is 53.2 Å². The monoisotopic (exact) mass is 306 g/mol. The van der Waals surface area contributed by atoms with Crippen LogP contribution < -0.4 is 0 Å². The lowest BCUT2D eigenvalue weighted by Gasteiger charge is -2.00. The van der Waals surface area contributed by atoms with Crippen LogP contribution in [0.2, 0.25) is 10.0 Å². The molecule has 94 valence electrons. The van der Waals surface area contributed by atoms with Crippen LogP contribution in [0.5, 0.6) is 0 Å². The molecule has 2 aromatic rings. The number of thioether (sulfide) groups is 1. The number of Topliss-reactive ketones (excluding diaryl/α,β-unsaturated/α-hetero) is 1. The first-order chi connectivity index (χ1) is 9.15. The Morgan fingerprint density at radius 3 is 2.58 bits per heavy atom. The molecule has 0 radical (unpaired) electrons. The van der Waals surface area contributed by atoms with Crippen LogP contribution in [-0.4, -0.2) is 5.78 Å². The normalized spacial score (nSPS) is 15.9. The quantitative estimate of drug-likeness (QED) is 0.663. The summed E-state index contributed by atoms with van der Waals surface area (Å²) in [5, 5.41) is 1.13. The third kappa shape index (κ3) is 2.44. The summed E-state index contributed by atoms with van der Waals surface area (Å²) in [5.74, 6) is 0.0478. The number of carbonyl (C=O) groups is 1. The fourth-order valence-corrected chi connectivity index (χ4v) is 3.40. The average Bonchev–Trinajstić information content (AvgIpc) is 2.70. The van der Waals surface area contributed by atoms with E-state index in [1.165, 1.54) is 11.8 Å². The van der Waals surface area contributed by atoms with Gasteiger partial charge in [0, 0.05) is 20.5 Å². The van der Waals surface area contributed by atoms with E-state index in [0.29, 0.717) is 15.0 Å². The number of allylic oxidation sites excluding steroid dienone is 1. The number of fused-ring (bicyclic) bond motifs is 1. The van der Waals surface area contributed by atoms with Crippen LogP contribution in [0.3, 0.4) is 0 Å². The van der Waals surface area contributed by atoms with Crippen LogP contribution in [0, 0.1) is 0 Å². The number of benzene rings is 2. The minimum absolute atomic E-state index is 0.0478. The molecule has 1 aliphatic heterocycles. The highest BCUT2D eigenvalue weighted by atomic mass is 35.5. The van der Waals surface area contributed by atoms with E-state index in [9.17, 15) is 4.79 Å². The minimum atomic E-state index is 0.0478. The number of hydrogen-bond acceptors (Lipinski definition) is 2. The summed E-state index contributed by atoms with van der Waals surface area (Å²) in [6, 6.07) is 12.8. The van der Waals surface area contributed by atoms with Crippen molar-refractivity contribution in [3.05, 3.63) is 68.5 Å². The van der Waals surface area contributed by atoms with Gasteiger partial charge in [0.05, 0.1) is 4.91 Å². The SMILES string of the molecule is O=C1C(=Cc2ccc(Cl)cc2Cl)Sc2ccccc21. The van der Waals surface area contributed by atoms with Crippen molar-refractivity contribution in [1.82, 2.24) is 0 Å². The first-order valence-electron chi connectivity index (χ1n) is 5.63. The lowest BCUT2D eigenvalue weighted by molar-refractivity contribution is 0.104. The van der Waals surface area contributed by atoms with E-state index in [4.69, 9.17) is 23.2 Å². The zero-order valence-electron chi connectivity index (χ0n) is 9.69. The molecule has 4 heteroatoms. The van der Waals surface area contributed by atoms with Gasteiger partial charge in [-0.05, 0) is 35.9 Å². The van der Waals surface area contributed by atoms with Gasteiger partial charge in [-0.3, -0.25) is 4.79 Å². The van der Waals surface area contributed by atoms with Crippen molar-refractivity contribution >= 4 is 46.8 Å². The molecule has 1 heterocycles. The molecule has 1 aliphatic rings. The van der Waals surface area contributed by atoms with Gasteiger partial charge in [0.15, 0.2) is 0 Å². The standard InChI is InChI=1S/C15H8Cl2OS/c16-10-6-5-9(12(17)8-10)7-14-15(18)11-3-1-2-4-13(11)19-14/h1-8H. The third-order valence-electron chi connectivity index (χ3n) is 2.82. The Kier molecular flexibility index (Phi) is 3.40. The van der Waals surface area contributed by atoms with E-state index in [0.717, 1.165) is 16.0 Å². The number of ketones is 1. The minimum Gasteiger partial charge on any atom is -0.288 e. The number of hydrogen-bond donors (Lipinski definition) is 0. The van der Waals surface area contributed by atoms with Gasteiger partial charge in [0.2, 0.25) is 5.78 Å². The maximum atomic E-state index is 12.2. The van der Waals surface area contributed by atoms with E-state index in [-0.39, 0.29) is 5.78 Å². The van der Waals surface area contributed by atoms with Crippen LogP contribution in [-0.2, 0) is 0 Å². The maximum absolute atomic E-state index is 12.2. The summed E-state index contributed by atoms with van der Waals surface area (Å²) in [6.07, 6.45) is 1.81. The highest BCUT2D eigenvalue weighted by Gasteiger charge is 2.25. The topological polar surface area (TPSA) is 17.1 Å². The Morgan fingerprint density at radius 2 is 1.84 bits per heavy atom.